The van der Waals surface area contributed by atoms with E-state index in [1.54, 1.807) is 6.33 Å². The summed E-state index contributed by atoms with van der Waals surface area (Å²) in [6.45, 7) is 2.16. The zero-order chi connectivity index (χ0) is 13.8. The first-order valence-corrected chi connectivity index (χ1v) is 6.83. The fraction of sp³-hybridized carbons (Fsp3) is 0.111. The summed E-state index contributed by atoms with van der Waals surface area (Å²) in [5, 5.41) is 0. The average molecular weight is 260 g/mol. The molecule has 0 aliphatic heterocycles. The van der Waals surface area contributed by atoms with Crippen LogP contribution in [0, 0.1) is 0 Å². The van der Waals surface area contributed by atoms with Crippen molar-refractivity contribution in [2.75, 3.05) is 0 Å². The molecular weight excluding hydrogens is 244 g/mol. The van der Waals surface area contributed by atoms with Crippen molar-refractivity contribution in [2.24, 2.45) is 0 Å². The summed E-state index contributed by atoms with van der Waals surface area (Å²) in [7, 11) is 0. The molecule has 0 amide bonds. The molecule has 0 aliphatic carbocycles. The van der Waals surface area contributed by atoms with Crippen LogP contribution in [0.25, 0.3) is 22.4 Å². The van der Waals surface area contributed by atoms with E-state index in [2.05, 4.69) is 53.3 Å². The van der Waals surface area contributed by atoms with Crippen LogP contribution in [0.2, 0.25) is 0 Å². The highest BCUT2D eigenvalue weighted by Crippen LogP contribution is 2.29. The second-order valence-electron chi connectivity index (χ2n) is 4.70. The zero-order valence-corrected chi connectivity index (χ0v) is 11.5. The number of hydrogen-bond acceptors (Lipinski definition) is 2. The van der Waals surface area contributed by atoms with Gasteiger partial charge in [0.2, 0.25) is 0 Å². The van der Waals surface area contributed by atoms with E-state index in [-0.39, 0.29) is 0 Å². The van der Waals surface area contributed by atoms with Crippen LogP contribution in [0.5, 0.6) is 0 Å². The van der Waals surface area contributed by atoms with Crippen molar-refractivity contribution < 1.29 is 0 Å². The van der Waals surface area contributed by atoms with Crippen molar-refractivity contribution in [3.05, 3.63) is 72.7 Å². The van der Waals surface area contributed by atoms with Crippen molar-refractivity contribution >= 4 is 0 Å². The number of benzene rings is 2. The van der Waals surface area contributed by atoms with E-state index in [1.807, 2.05) is 24.4 Å². The molecular formula is C18H16N2. The highest BCUT2D eigenvalue weighted by molar-refractivity contribution is 5.79. The second-order valence-corrected chi connectivity index (χ2v) is 4.70. The summed E-state index contributed by atoms with van der Waals surface area (Å²) in [5.41, 5.74) is 5.66. The lowest BCUT2D eigenvalue weighted by molar-refractivity contribution is 1.14. The molecule has 0 atom stereocenters. The first kappa shape index (κ1) is 12.5. The van der Waals surface area contributed by atoms with Gasteiger partial charge in [-0.15, -0.1) is 0 Å². The molecule has 0 saturated carbocycles. The second kappa shape index (κ2) is 5.66. The quantitative estimate of drug-likeness (QED) is 0.698. The van der Waals surface area contributed by atoms with Crippen LogP contribution in [0.3, 0.4) is 0 Å². The lowest BCUT2D eigenvalue weighted by atomic mass is 9.99. The van der Waals surface area contributed by atoms with Crippen molar-refractivity contribution in [1.29, 1.82) is 0 Å². The molecule has 2 heteroatoms. The standard InChI is InChI=1S/C18H16N2/c1-2-14-8-10-15(11-9-14)17-12-19-13-20-18(17)16-6-4-3-5-7-16/h3-13H,2H2,1H3. The van der Waals surface area contributed by atoms with Crippen molar-refractivity contribution in [3.63, 3.8) is 0 Å². The van der Waals surface area contributed by atoms with Gasteiger partial charge in [0.25, 0.3) is 0 Å². The van der Waals surface area contributed by atoms with Gasteiger partial charge in [-0.2, -0.15) is 0 Å². The third-order valence-electron chi connectivity index (χ3n) is 3.43. The van der Waals surface area contributed by atoms with Gasteiger partial charge in [0, 0.05) is 17.3 Å². The summed E-state index contributed by atoms with van der Waals surface area (Å²) in [5.74, 6) is 0. The Bertz CT molecular complexity index is 688. The number of rotatable bonds is 3. The van der Waals surface area contributed by atoms with E-state index >= 15 is 0 Å². The Morgan fingerprint density at radius 3 is 2.30 bits per heavy atom. The number of hydrogen-bond donors (Lipinski definition) is 0. The third-order valence-corrected chi connectivity index (χ3v) is 3.43. The minimum atomic E-state index is 0.977. The monoisotopic (exact) mass is 260 g/mol. The van der Waals surface area contributed by atoms with Gasteiger partial charge in [-0.25, -0.2) is 9.97 Å². The third kappa shape index (κ3) is 2.45. The smallest absolute Gasteiger partial charge is 0.116 e. The number of nitrogens with zero attached hydrogens (tertiary/aromatic N) is 2. The Labute approximate surface area is 119 Å². The highest BCUT2D eigenvalue weighted by atomic mass is 14.8. The lowest BCUT2D eigenvalue weighted by Gasteiger charge is -2.08. The minimum Gasteiger partial charge on any atom is -0.244 e. The highest BCUT2D eigenvalue weighted by Gasteiger charge is 2.08. The molecule has 1 heterocycles. The summed E-state index contributed by atoms with van der Waals surface area (Å²) >= 11 is 0. The molecule has 98 valence electrons. The molecule has 0 bridgehead atoms. The molecule has 2 nitrogen and oxygen atoms in total. The first-order chi connectivity index (χ1) is 9.88. The van der Waals surface area contributed by atoms with Gasteiger partial charge in [0.15, 0.2) is 0 Å². The van der Waals surface area contributed by atoms with Gasteiger partial charge in [-0.05, 0) is 17.5 Å². The number of aromatic nitrogens is 2. The maximum Gasteiger partial charge on any atom is 0.116 e. The van der Waals surface area contributed by atoms with E-state index in [0.717, 1.165) is 28.8 Å². The minimum absolute atomic E-state index is 0.977. The molecule has 0 unspecified atom stereocenters. The molecule has 0 fully saturated rings. The normalized spacial score (nSPS) is 10.4. The van der Waals surface area contributed by atoms with Crippen LogP contribution in [0.15, 0.2) is 67.1 Å². The Morgan fingerprint density at radius 2 is 1.60 bits per heavy atom. The SMILES string of the molecule is CCc1ccc(-c2cncnc2-c2ccccc2)cc1. The van der Waals surface area contributed by atoms with Crippen LogP contribution in [-0.2, 0) is 6.42 Å². The average Bonchev–Trinajstić information content (AvgIpc) is 2.56. The molecule has 0 saturated heterocycles. The Balaban J connectivity index is 2.10. The predicted octanol–water partition coefficient (Wildman–Crippen LogP) is 4.37. The van der Waals surface area contributed by atoms with Gasteiger partial charge >= 0.3 is 0 Å². The molecule has 0 spiro atoms. The summed E-state index contributed by atoms with van der Waals surface area (Å²) in [4.78, 5) is 8.64. The molecule has 0 N–H and O–H groups in total. The van der Waals surface area contributed by atoms with Gasteiger partial charge in [0.1, 0.15) is 6.33 Å². The lowest BCUT2D eigenvalue weighted by Crippen LogP contribution is -1.91. The van der Waals surface area contributed by atoms with Crippen LogP contribution in [-0.4, -0.2) is 9.97 Å². The van der Waals surface area contributed by atoms with Gasteiger partial charge < -0.3 is 0 Å². The van der Waals surface area contributed by atoms with E-state index in [9.17, 15) is 0 Å². The van der Waals surface area contributed by atoms with Crippen LogP contribution < -0.4 is 0 Å². The molecule has 1 aromatic heterocycles. The van der Waals surface area contributed by atoms with Crippen LogP contribution >= 0.6 is 0 Å². The summed E-state index contributed by atoms with van der Waals surface area (Å²) < 4.78 is 0. The van der Waals surface area contributed by atoms with Crippen LogP contribution in [0.1, 0.15) is 12.5 Å². The van der Waals surface area contributed by atoms with E-state index < -0.39 is 0 Å². The fourth-order valence-corrected chi connectivity index (χ4v) is 2.29. The van der Waals surface area contributed by atoms with E-state index in [0.29, 0.717) is 0 Å². The molecule has 0 aliphatic rings. The van der Waals surface area contributed by atoms with Crippen molar-refractivity contribution in [3.8, 4) is 22.4 Å². The molecule has 3 aromatic rings. The van der Waals surface area contributed by atoms with Gasteiger partial charge in [-0.1, -0.05) is 61.5 Å². The number of aryl methyl sites for hydroxylation is 1. The topological polar surface area (TPSA) is 25.8 Å². The molecule has 3 rings (SSSR count). The van der Waals surface area contributed by atoms with Crippen molar-refractivity contribution in [2.45, 2.75) is 13.3 Å². The van der Waals surface area contributed by atoms with Gasteiger partial charge in [-0.3, -0.25) is 0 Å². The fourth-order valence-electron chi connectivity index (χ4n) is 2.29. The van der Waals surface area contributed by atoms with Crippen molar-refractivity contribution in [1.82, 2.24) is 9.97 Å². The van der Waals surface area contributed by atoms with E-state index in [4.69, 9.17) is 0 Å². The molecule has 20 heavy (non-hydrogen) atoms. The Kier molecular flexibility index (Phi) is 3.55. The van der Waals surface area contributed by atoms with E-state index in [1.165, 1.54) is 5.56 Å². The largest absolute Gasteiger partial charge is 0.244 e. The summed E-state index contributed by atoms with van der Waals surface area (Å²) in [6, 6.07) is 18.8. The first-order valence-electron chi connectivity index (χ1n) is 6.83. The Hall–Kier alpha value is -2.48. The summed E-state index contributed by atoms with van der Waals surface area (Å²) in [6.07, 6.45) is 4.54. The predicted molar refractivity (Wildman–Crippen MR) is 82.3 cm³/mol. The van der Waals surface area contributed by atoms with Gasteiger partial charge in [0.05, 0.1) is 5.69 Å². The maximum atomic E-state index is 4.46. The maximum absolute atomic E-state index is 4.46. The molecule has 2 aromatic carbocycles. The molecule has 0 radical (unpaired) electrons. The zero-order valence-electron chi connectivity index (χ0n) is 11.5. The van der Waals surface area contributed by atoms with Crippen LogP contribution in [0.4, 0.5) is 0 Å². The Morgan fingerprint density at radius 1 is 0.850 bits per heavy atom.